The van der Waals surface area contributed by atoms with Crippen molar-refractivity contribution in [2.24, 2.45) is 0 Å². The molecule has 150 valence electrons. The van der Waals surface area contributed by atoms with Crippen LogP contribution in [0.3, 0.4) is 0 Å². The van der Waals surface area contributed by atoms with Crippen molar-refractivity contribution in [3.8, 4) is 5.75 Å². The monoisotopic (exact) mass is 423 g/mol. The Hall–Kier alpha value is -2.28. The number of ether oxygens (including phenoxy) is 1. The van der Waals surface area contributed by atoms with E-state index in [1.54, 1.807) is 42.3 Å². The molecular formula is C20H23Cl2N3O3. The lowest BCUT2D eigenvalue weighted by Crippen LogP contribution is -2.39. The molecule has 0 atom stereocenters. The summed E-state index contributed by atoms with van der Waals surface area (Å²) in [5.41, 5.74) is 1.06. The third kappa shape index (κ3) is 6.71. The number of nitrogens with one attached hydrogen (secondary N) is 2. The molecular weight excluding hydrogens is 401 g/mol. The molecule has 0 saturated heterocycles. The highest BCUT2D eigenvalue weighted by atomic mass is 35.5. The Morgan fingerprint density at radius 3 is 2.25 bits per heavy atom. The molecule has 0 bridgehead atoms. The summed E-state index contributed by atoms with van der Waals surface area (Å²) in [5, 5.41) is 6.41. The lowest BCUT2D eigenvalue weighted by atomic mass is 10.3. The average molecular weight is 424 g/mol. The summed E-state index contributed by atoms with van der Waals surface area (Å²) in [7, 11) is 1.54. The van der Waals surface area contributed by atoms with Crippen molar-refractivity contribution < 1.29 is 14.3 Å². The van der Waals surface area contributed by atoms with Gasteiger partial charge in [-0.25, -0.2) is 0 Å². The smallest absolute Gasteiger partial charge is 0.238 e. The molecule has 2 N–H and O–H groups in total. The molecule has 0 aliphatic heterocycles. The average Bonchev–Trinajstić information content (AvgIpc) is 2.64. The summed E-state index contributed by atoms with van der Waals surface area (Å²) in [6.07, 6.45) is 0.802. The molecule has 0 aliphatic rings. The van der Waals surface area contributed by atoms with E-state index in [0.717, 1.165) is 6.42 Å². The molecule has 2 rings (SSSR count). The maximum absolute atomic E-state index is 12.4. The fourth-order valence-corrected chi connectivity index (χ4v) is 3.11. The summed E-state index contributed by atoms with van der Waals surface area (Å²) >= 11 is 12.0. The van der Waals surface area contributed by atoms with Gasteiger partial charge in [-0.1, -0.05) is 42.3 Å². The van der Waals surface area contributed by atoms with Crippen LogP contribution in [-0.2, 0) is 9.59 Å². The number of anilines is 2. The van der Waals surface area contributed by atoms with Crippen LogP contribution >= 0.6 is 23.2 Å². The molecule has 0 aliphatic carbocycles. The number of hydrogen-bond acceptors (Lipinski definition) is 4. The lowest BCUT2D eigenvalue weighted by Gasteiger charge is -2.21. The van der Waals surface area contributed by atoms with Gasteiger partial charge in [0.05, 0.1) is 36.6 Å². The van der Waals surface area contributed by atoms with E-state index < -0.39 is 0 Å². The number of benzene rings is 2. The van der Waals surface area contributed by atoms with E-state index in [9.17, 15) is 9.59 Å². The van der Waals surface area contributed by atoms with E-state index in [0.29, 0.717) is 33.7 Å². The zero-order valence-electron chi connectivity index (χ0n) is 15.8. The van der Waals surface area contributed by atoms with Crippen molar-refractivity contribution in [2.45, 2.75) is 13.3 Å². The summed E-state index contributed by atoms with van der Waals surface area (Å²) in [4.78, 5) is 26.6. The van der Waals surface area contributed by atoms with Crippen LogP contribution in [0.5, 0.6) is 5.75 Å². The second-order valence-electron chi connectivity index (χ2n) is 6.13. The molecule has 0 radical (unpaired) electrons. The first kappa shape index (κ1) is 22.0. The molecule has 0 spiro atoms. The minimum absolute atomic E-state index is 0.0616. The molecule has 2 aromatic carbocycles. The highest BCUT2D eigenvalue weighted by Crippen LogP contribution is 2.25. The SMILES string of the molecule is CCCN(CC(=O)Nc1ccc(Cl)cc1Cl)CC(=O)Nc1ccccc1OC. The van der Waals surface area contributed by atoms with Crippen molar-refractivity contribution in [1.82, 2.24) is 4.90 Å². The van der Waals surface area contributed by atoms with Gasteiger partial charge < -0.3 is 15.4 Å². The van der Waals surface area contributed by atoms with Crippen molar-refractivity contribution >= 4 is 46.4 Å². The van der Waals surface area contributed by atoms with Crippen LogP contribution in [0.2, 0.25) is 10.0 Å². The van der Waals surface area contributed by atoms with E-state index >= 15 is 0 Å². The van der Waals surface area contributed by atoms with E-state index in [1.165, 1.54) is 0 Å². The van der Waals surface area contributed by atoms with Gasteiger partial charge in [0.1, 0.15) is 5.75 Å². The second-order valence-corrected chi connectivity index (χ2v) is 6.98. The predicted molar refractivity (Wildman–Crippen MR) is 113 cm³/mol. The third-order valence-electron chi connectivity index (χ3n) is 3.86. The van der Waals surface area contributed by atoms with Gasteiger partial charge in [-0.3, -0.25) is 14.5 Å². The minimum Gasteiger partial charge on any atom is -0.495 e. The first-order chi connectivity index (χ1) is 13.4. The van der Waals surface area contributed by atoms with Gasteiger partial charge in [0.25, 0.3) is 0 Å². The van der Waals surface area contributed by atoms with Crippen LogP contribution in [0.15, 0.2) is 42.5 Å². The molecule has 0 unspecified atom stereocenters. The maximum Gasteiger partial charge on any atom is 0.238 e. The van der Waals surface area contributed by atoms with Gasteiger partial charge in [-0.15, -0.1) is 0 Å². The van der Waals surface area contributed by atoms with Crippen LogP contribution in [0.1, 0.15) is 13.3 Å². The van der Waals surface area contributed by atoms with Crippen molar-refractivity contribution in [3.05, 3.63) is 52.5 Å². The second kappa shape index (κ2) is 10.9. The van der Waals surface area contributed by atoms with Gasteiger partial charge in [-0.05, 0) is 43.3 Å². The van der Waals surface area contributed by atoms with Crippen LogP contribution in [0.4, 0.5) is 11.4 Å². The molecule has 6 nitrogen and oxygen atoms in total. The molecule has 2 amide bonds. The lowest BCUT2D eigenvalue weighted by molar-refractivity contribution is -0.120. The normalized spacial score (nSPS) is 10.6. The van der Waals surface area contributed by atoms with Crippen molar-refractivity contribution in [2.75, 3.05) is 37.4 Å². The summed E-state index contributed by atoms with van der Waals surface area (Å²) < 4.78 is 5.23. The Morgan fingerprint density at radius 2 is 1.64 bits per heavy atom. The first-order valence-corrected chi connectivity index (χ1v) is 9.58. The summed E-state index contributed by atoms with van der Waals surface area (Å²) in [6.45, 7) is 2.72. The van der Waals surface area contributed by atoms with Gasteiger partial charge in [0.15, 0.2) is 0 Å². The quantitative estimate of drug-likeness (QED) is 0.630. The van der Waals surface area contributed by atoms with Gasteiger partial charge >= 0.3 is 0 Å². The molecule has 8 heteroatoms. The van der Waals surface area contributed by atoms with Crippen LogP contribution in [0.25, 0.3) is 0 Å². The Kier molecular flexibility index (Phi) is 8.57. The highest BCUT2D eigenvalue weighted by molar-refractivity contribution is 6.36. The van der Waals surface area contributed by atoms with Crippen molar-refractivity contribution in [1.29, 1.82) is 0 Å². The molecule has 0 heterocycles. The van der Waals surface area contributed by atoms with Crippen LogP contribution in [-0.4, -0.2) is 43.5 Å². The highest BCUT2D eigenvalue weighted by Gasteiger charge is 2.16. The van der Waals surface area contributed by atoms with Crippen LogP contribution < -0.4 is 15.4 Å². The van der Waals surface area contributed by atoms with E-state index in [1.807, 2.05) is 19.1 Å². The zero-order chi connectivity index (χ0) is 20.5. The van der Waals surface area contributed by atoms with Gasteiger partial charge in [0, 0.05) is 5.02 Å². The predicted octanol–water partition coefficient (Wildman–Crippen LogP) is 4.29. The Morgan fingerprint density at radius 1 is 1.00 bits per heavy atom. The van der Waals surface area contributed by atoms with Crippen LogP contribution in [0, 0.1) is 0 Å². The number of nitrogens with zero attached hydrogens (tertiary/aromatic N) is 1. The van der Waals surface area contributed by atoms with E-state index in [2.05, 4.69) is 10.6 Å². The number of hydrogen-bond donors (Lipinski definition) is 2. The molecule has 28 heavy (non-hydrogen) atoms. The largest absolute Gasteiger partial charge is 0.495 e. The topological polar surface area (TPSA) is 70.7 Å². The van der Waals surface area contributed by atoms with E-state index in [-0.39, 0.29) is 24.9 Å². The molecule has 0 aromatic heterocycles. The fraction of sp³-hybridized carbons (Fsp3) is 0.300. The summed E-state index contributed by atoms with van der Waals surface area (Å²) in [5.74, 6) is 0.0889. The Bertz CT molecular complexity index is 830. The number of para-hydroxylation sites is 2. The number of carbonyl (C=O) groups is 2. The van der Waals surface area contributed by atoms with Gasteiger partial charge in [-0.2, -0.15) is 0 Å². The maximum atomic E-state index is 12.4. The molecule has 0 fully saturated rings. The number of rotatable bonds is 9. The zero-order valence-corrected chi connectivity index (χ0v) is 17.3. The first-order valence-electron chi connectivity index (χ1n) is 8.83. The Labute approximate surface area is 174 Å². The van der Waals surface area contributed by atoms with E-state index in [4.69, 9.17) is 27.9 Å². The number of carbonyl (C=O) groups excluding carboxylic acids is 2. The molecule has 2 aromatic rings. The number of amides is 2. The Balaban J connectivity index is 1.96. The summed E-state index contributed by atoms with van der Waals surface area (Å²) in [6, 6.07) is 12.0. The number of halogens is 2. The minimum atomic E-state index is -0.261. The fourth-order valence-electron chi connectivity index (χ4n) is 2.65. The molecule has 0 saturated carbocycles. The standard InChI is InChI=1S/C20H23Cl2N3O3/c1-3-10-25(12-19(26)23-16-9-8-14(21)11-15(16)22)13-20(27)24-17-6-4-5-7-18(17)28-2/h4-9,11H,3,10,12-13H2,1-2H3,(H,23,26)(H,24,27). The third-order valence-corrected chi connectivity index (χ3v) is 4.41. The van der Waals surface area contributed by atoms with Crippen molar-refractivity contribution in [3.63, 3.8) is 0 Å². The van der Waals surface area contributed by atoms with Gasteiger partial charge in [0.2, 0.25) is 11.8 Å². The number of methoxy groups -OCH3 is 1.